The van der Waals surface area contributed by atoms with E-state index < -0.39 is 5.97 Å². The quantitative estimate of drug-likeness (QED) is 0.807. The summed E-state index contributed by atoms with van der Waals surface area (Å²) in [5, 5.41) is 9.31. The van der Waals surface area contributed by atoms with Gasteiger partial charge in [0.25, 0.3) is 0 Å². The van der Waals surface area contributed by atoms with Crippen molar-refractivity contribution in [2.24, 2.45) is 5.41 Å². The molecule has 1 aliphatic rings. The maximum atomic E-state index is 10.7. The van der Waals surface area contributed by atoms with Crippen LogP contribution in [0.3, 0.4) is 0 Å². The van der Waals surface area contributed by atoms with Crippen LogP contribution in [0.25, 0.3) is 0 Å². The van der Waals surface area contributed by atoms with E-state index in [-0.39, 0.29) is 5.41 Å². The smallest absolute Gasteiger partial charge is 0.303 e. The molecule has 0 radical (unpaired) electrons. The Morgan fingerprint density at radius 2 is 2.29 bits per heavy atom. The Bertz CT molecular complexity index is 421. The highest BCUT2D eigenvalue weighted by atomic mass is 35.5. The van der Waals surface area contributed by atoms with Gasteiger partial charge in [0.15, 0.2) is 0 Å². The molecule has 0 aliphatic heterocycles. The van der Waals surface area contributed by atoms with E-state index in [9.17, 15) is 4.79 Å². The average Bonchev–Trinajstić information content (AvgIpc) is 2.97. The van der Waals surface area contributed by atoms with E-state index in [0.29, 0.717) is 11.6 Å². The molecular weight excluding hydrogens is 258 g/mol. The average molecular weight is 272 g/mol. The molecule has 17 heavy (non-hydrogen) atoms. The van der Waals surface area contributed by atoms with Gasteiger partial charge in [0, 0.05) is 5.75 Å². The van der Waals surface area contributed by atoms with E-state index in [1.807, 2.05) is 12.1 Å². The molecule has 0 atom stereocenters. The summed E-state index contributed by atoms with van der Waals surface area (Å²) in [5.41, 5.74) is 1.00. The van der Waals surface area contributed by atoms with Crippen LogP contribution in [0.1, 0.15) is 25.0 Å². The molecule has 92 valence electrons. The molecule has 0 aromatic carbocycles. The summed E-state index contributed by atoms with van der Waals surface area (Å²) in [7, 11) is 0. The second-order valence-electron chi connectivity index (χ2n) is 4.51. The molecule has 1 N–H and O–H groups in total. The summed E-state index contributed by atoms with van der Waals surface area (Å²) in [6.45, 7) is 0. The lowest BCUT2D eigenvalue weighted by Crippen LogP contribution is -2.11. The third-order valence-corrected chi connectivity index (χ3v) is 4.44. The maximum Gasteiger partial charge on any atom is 0.303 e. The molecule has 0 saturated heterocycles. The minimum Gasteiger partial charge on any atom is -0.481 e. The first-order valence-corrected chi connectivity index (χ1v) is 7.04. The predicted octanol–water partition coefficient (Wildman–Crippen LogP) is 3.22. The molecule has 2 rings (SSSR count). The van der Waals surface area contributed by atoms with Crippen LogP contribution >= 0.6 is 23.4 Å². The van der Waals surface area contributed by atoms with Crippen molar-refractivity contribution in [1.82, 2.24) is 4.98 Å². The Morgan fingerprint density at radius 1 is 1.53 bits per heavy atom. The summed E-state index contributed by atoms with van der Waals surface area (Å²) in [5.74, 6) is 0.999. The lowest BCUT2D eigenvalue weighted by atomic mass is 10.1. The Morgan fingerprint density at radius 3 is 2.88 bits per heavy atom. The fraction of sp³-hybridized carbons (Fsp3) is 0.500. The van der Waals surface area contributed by atoms with Gasteiger partial charge in [-0.3, -0.25) is 4.79 Å². The number of aromatic nitrogens is 1. The molecule has 0 amide bonds. The summed E-state index contributed by atoms with van der Waals surface area (Å²) < 4.78 is 0. The molecule has 5 heteroatoms. The molecule has 1 heterocycles. The van der Waals surface area contributed by atoms with Gasteiger partial charge < -0.3 is 5.11 Å². The van der Waals surface area contributed by atoms with Crippen molar-refractivity contribution >= 4 is 29.3 Å². The number of nitrogens with zero attached hydrogens (tertiary/aromatic N) is 1. The molecular formula is C12H14ClNO2S. The van der Waals surface area contributed by atoms with Gasteiger partial charge in [-0.1, -0.05) is 17.7 Å². The molecule has 1 saturated carbocycles. The number of carbonyl (C=O) groups is 1. The van der Waals surface area contributed by atoms with E-state index in [2.05, 4.69) is 4.98 Å². The second-order valence-corrected chi connectivity index (χ2v) is 5.89. The first kappa shape index (κ1) is 12.7. The molecule has 0 spiro atoms. The van der Waals surface area contributed by atoms with E-state index in [1.165, 1.54) is 0 Å². The van der Waals surface area contributed by atoms with E-state index in [1.54, 1.807) is 17.8 Å². The number of hydrogen-bond acceptors (Lipinski definition) is 3. The standard InChI is InChI=1S/C12H14ClNO2S/c13-10-3-1-2-9(14-10)7-17-8-12(4-5-12)6-11(15)16/h1-3H,4-8H2,(H,15,16). The topological polar surface area (TPSA) is 50.2 Å². The monoisotopic (exact) mass is 271 g/mol. The van der Waals surface area contributed by atoms with Crippen molar-refractivity contribution in [3.05, 3.63) is 29.0 Å². The number of rotatable bonds is 6. The Kier molecular flexibility index (Phi) is 3.94. The summed E-state index contributed by atoms with van der Waals surface area (Å²) in [6, 6.07) is 5.58. The Balaban J connectivity index is 1.78. The van der Waals surface area contributed by atoms with Crippen LogP contribution in [0.15, 0.2) is 18.2 Å². The molecule has 1 aromatic heterocycles. The highest BCUT2D eigenvalue weighted by Gasteiger charge is 2.43. The fourth-order valence-corrected chi connectivity index (χ4v) is 3.25. The second kappa shape index (κ2) is 5.27. The molecule has 1 aliphatic carbocycles. The first-order chi connectivity index (χ1) is 8.10. The van der Waals surface area contributed by atoms with E-state index in [4.69, 9.17) is 16.7 Å². The highest BCUT2D eigenvalue weighted by Crippen LogP contribution is 2.51. The van der Waals surface area contributed by atoms with Crippen molar-refractivity contribution in [1.29, 1.82) is 0 Å². The number of carboxylic acids is 1. The maximum absolute atomic E-state index is 10.7. The fourth-order valence-electron chi connectivity index (χ4n) is 1.77. The molecule has 0 unspecified atom stereocenters. The molecule has 3 nitrogen and oxygen atoms in total. The normalized spacial score (nSPS) is 16.8. The minimum absolute atomic E-state index is 0.0507. The van der Waals surface area contributed by atoms with Gasteiger partial charge in [0.05, 0.1) is 12.1 Å². The highest BCUT2D eigenvalue weighted by molar-refractivity contribution is 7.98. The van der Waals surface area contributed by atoms with Gasteiger partial charge in [-0.15, -0.1) is 0 Å². The largest absolute Gasteiger partial charge is 0.481 e. The van der Waals surface area contributed by atoms with Gasteiger partial charge in [-0.25, -0.2) is 4.98 Å². The number of hydrogen-bond donors (Lipinski definition) is 1. The zero-order valence-electron chi connectivity index (χ0n) is 9.36. The van der Waals surface area contributed by atoms with Crippen LogP contribution in [-0.2, 0) is 10.5 Å². The van der Waals surface area contributed by atoms with Crippen LogP contribution in [0, 0.1) is 5.41 Å². The van der Waals surface area contributed by atoms with Crippen LogP contribution in [0.5, 0.6) is 0 Å². The number of carboxylic acid groups (broad SMARTS) is 1. The Labute approximate surface area is 110 Å². The van der Waals surface area contributed by atoms with Crippen molar-refractivity contribution in [3.63, 3.8) is 0 Å². The lowest BCUT2D eigenvalue weighted by molar-refractivity contribution is -0.138. The summed E-state index contributed by atoms with van der Waals surface area (Å²) in [6.07, 6.45) is 2.37. The van der Waals surface area contributed by atoms with Gasteiger partial charge in [0.2, 0.25) is 0 Å². The van der Waals surface area contributed by atoms with Gasteiger partial charge in [-0.05, 0) is 36.1 Å². The van der Waals surface area contributed by atoms with Gasteiger partial charge in [-0.2, -0.15) is 11.8 Å². The third-order valence-electron chi connectivity index (χ3n) is 2.91. The van der Waals surface area contributed by atoms with Crippen LogP contribution in [-0.4, -0.2) is 21.8 Å². The Hall–Kier alpha value is -0.740. The molecule has 0 bridgehead atoms. The number of aliphatic carboxylic acids is 1. The van der Waals surface area contributed by atoms with Crippen LogP contribution < -0.4 is 0 Å². The van der Waals surface area contributed by atoms with Gasteiger partial charge >= 0.3 is 5.97 Å². The van der Waals surface area contributed by atoms with Gasteiger partial charge in [0.1, 0.15) is 5.15 Å². The third kappa shape index (κ3) is 3.89. The van der Waals surface area contributed by atoms with Crippen molar-refractivity contribution in [2.45, 2.75) is 25.0 Å². The predicted molar refractivity (Wildman–Crippen MR) is 69.3 cm³/mol. The number of thioether (sulfide) groups is 1. The van der Waals surface area contributed by atoms with Crippen molar-refractivity contribution < 1.29 is 9.90 Å². The van der Waals surface area contributed by atoms with E-state index in [0.717, 1.165) is 30.0 Å². The zero-order chi connectivity index (χ0) is 12.3. The summed E-state index contributed by atoms with van der Waals surface area (Å²) in [4.78, 5) is 14.9. The molecule has 1 aromatic rings. The SMILES string of the molecule is O=C(O)CC1(CSCc2cccc(Cl)n2)CC1. The summed E-state index contributed by atoms with van der Waals surface area (Å²) >= 11 is 7.54. The lowest BCUT2D eigenvalue weighted by Gasteiger charge is -2.11. The van der Waals surface area contributed by atoms with E-state index >= 15 is 0 Å². The van der Waals surface area contributed by atoms with Crippen molar-refractivity contribution in [3.8, 4) is 0 Å². The van der Waals surface area contributed by atoms with Crippen LogP contribution in [0.2, 0.25) is 5.15 Å². The van der Waals surface area contributed by atoms with Crippen LogP contribution in [0.4, 0.5) is 0 Å². The van der Waals surface area contributed by atoms with Crippen molar-refractivity contribution in [2.75, 3.05) is 5.75 Å². The number of halogens is 1. The minimum atomic E-state index is -0.691. The first-order valence-electron chi connectivity index (χ1n) is 5.51. The number of pyridine rings is 1. The zero-order valence-corrected chi connectivity index (χ0v) is 10.9. The molecule has 1 fully saturated rings.